The molecule has 0 amide bonds. The first-order valence-corrected chi connectivity index (χ1v) is 7.54. The molecule has 0 aliphatic carbocycles. The quantitative estimate of drug-likeness (QED) is 0.403. The first-order chi connectivity index (χ1) is 10.7. The number of para-hydroxylation sites is 1. The molecule has 0 unspecified atom stereocenters. The van der Waals surface area contributed by atoms with E-state index < -0.39 is 5.97 Å². The van der Waals surface area contributed by atoms with E-state index >= 15 is 0 Å². The van der Waals surface area contributed by atoms with E-state index in [2.05, 4.69) is 21.1 Å². The molecule has 5 heteroatoms. The number of benzene rings is 2. The minimum Gasteiger partial charge on any atom is -0.336 e. The van der Waals surface area contributed by atoms with Crippen LogP contribution in [0.15, 0.2) is 70.4 Å². The number of oxime groups is 1. The van der Waals surface area contributed by atoms with Gasteiger partial charge in [-0.15, -0.1) is 0 Å². The normalized spacial score (nSPS) is 11.1. The summed E-state index contributed by atoms with van der Waals surface area (Å²) in [6.07, 6.45) is 3.38. The van der Waals surface area contributed by atoms with Gasteiger partial charge in [0.15, 0.2) is 0 Å². The smallest absolute Gasteiger partial charge is 0.336 e. The van der Waals surface area contributed by atoms with Crippen LogP contribution in [0, 0.1) is 0 Å². The molecule has 0 N–H and O–H groups in total. The highest BCUT2D eigenvalue weighted by Gasteiger charge is 2.06. The number of rotatable bonds is 4. The van der Waals surface area contributed by atoms with E-state index in [0.717, 1.165) is 20.9 Å². The third kappa shape index (κ3) is 3.43. The molecule has 110 valence electrons. The molecule has 3 aromatic rings. The van der Waals surface area contributed by atoms with Crippen molar-refractivity contribution in [1.29, 1.82) is 0 Å². The second-order valence-corrected chi connectivity index (χ2v) is 5.67. The average Bonchev–Trinajstić information content (AvgIpc) is 2.91. The van der Waals surface area contributed by atoms with Crippen molar-refractivity contribution in [2.45, 2.75) is 6.54 Å². The van der Waals surface area contributed by atoms with Crippen LogP contribution in [0.4, 0.5) is 0 Å². The Morgan fingerprint density at radius 1 is 1.18 bits per heavy atom. The summed E-state index contributed by atoms with van der Waals surface area (Å²) < 4.78 is 2.79. The Morgan fingerprint density at radius 3 is 2.91 bits per heavy atom. The Morgan fingerprint density at radius 2 is 2.05 bits per heavy atom. The summed E-state index contributed by atoms with van der Waals surface area (Å²) in [4.78, 5) is 16.7. The van der Waals surface area contributed by atoms with Crippen molar-refractivity contribution in [2.24, 2.45) is 5.16 Å². The number of aromatic nitrogens is 1. The number of hydrogen-bond acceptors (Lipinski definition) is 3. The Labute approximate surface area is 136 Å². The van der Waals surface area contributed by atoms with E-state index in [1.54, 1.807) is 0 Å². The maximum absolute atomic E-state index is 11.8. The van der Waals surface area contributed by atoms with Crippen LogP contribution in [0.5, 0.6) is 0 Å². The molecule has 0 aliphatic heterocycles. The van der Waals surface area contributed by atoms with Gasteiger partial charge in [0.2, 0.25) is 0 Å². The minimum absolute atomic E-state index is 0.128. The highest BCUT2D eigenvalue weighted by atomic mass is 79.9. The van der Waals surface area contributed by atoms with E-state index in [-0.39, 0.29) is 6.54 Å². The number of carbonyl (C=O) groups is 1. The molecule has 0 saturated heterocycles. The van der Waals surface area contributed by atoms with E-state index in [0.29, 0.717) is 0 Å². The summed E-state index contributed by atoms with van der Waals surface area (Å²) in [7, 11) is 0. The molecule has 0 fully saturated rings. The van der Waals surface area contributed by atoms with Crippen LogP contribution < -0.4 is 0 Å². The van der Waals surface area contributed by atoms with Crippen molar-refractivity contribution in [3.63, 3.8) is 0 Å². The van der Waals surface area contributed by atoms with Gasteiger partial charge in [-0.25, -0.2) is 4.79 Å². The molecule has 0 aliphatic rings. The van der Waals surface area contributed by atoms with Crippen LogP contribution >= 0.6 is 15.9 Å². The highest BCUT2D eigenvalue weighted by Crippen LogP contribution is 2.15. The first-order valence-electron chi connectivity index (χ1n) is 6.75. The van der Waals surface area contributed by atoms with Crippen LogP contribution in [0.1, 0.15) is 5.56 Å². The average molecular weight is 357 g/mol. The van der Waals surface area contributed by atoms with E-state index in [1.165, 1.54) is 6.21 Å². The second kappa shape index (κ2) is 6.58. The number of halogens is 1. The Hall–Kier alpha value is -2.40. The molecule has 0 spiro atoms. The summed E-state index contributed by atoms with van der Waals surface area (Å²) in [6.45, 7) is 0.128. The van der Waals surface area contributed by atoms with Gasteiger partial charge in [-0.1, -0.05) is 51.4 Å². The second-order valence-electron chi connectivity index (χ2n) is 4.76. The van der Waals surface area contributed by atoms with Crippen LogP contribution in [-0.2, 0) is 16.2 Å². The van der Waals surface area contributed by atoms with Gasteiger partial charge in [0, 0.05) is 16.2 Å². The molecule has 0 bridgehead atoms. The highest BCUT2D eigenvalue weighted by molar-refractivity contribution is 9.10. The summed E-state index contributed by atoms with van der Waals surface area (Å²) in [5.74, 6) is -0.410. The standard InChI is InChI=1S/C17H13BrN2O2/c18-15-6-3-4-13(10-15)11-19-22-17(21)12-20-9-8-14-5-1-2-7-16(14)20/h1-11H,12H2. The van der Waals surface area contributed by atoms with Gasteiger partial charge in [0.05, 0.1) is 6.21 Å². The molecule has 0 saturated carbocycles. The summed E-state index contributed by atoms with van der Waals surface area (Å²) >= 11 is 3.37. The van der Waals surface area contributed by atoms with Gasteiger partial charge >= 0.3 is 5.97 Å². The maximum Gasteiger partial charge on any atom is 0.354 e. The first kappa shape index (κ1) is 14.5. The van der Waals surface area contributed by atoms with Gasteiger partial charge in [0.1, 0.15) is 6.54 Å². The monoisotopic (exact) mass is 356 g/mol. The molecule has 1 aromatic heterocycles. The van der Waals surface area contributed by atoms with Crippen molar-refractivity contribution in [1.82, 2.24) is 4.57 Å². The van der Waals surface area contributed by atoms with Crippen molar-refractivity contribution in [3.8, 4) is 0 Å². The van der Waals surface area contributed by atoms with Crippen LogP contribution in [0.25, 0.3) is 10.9 Å². The van der Waals surface area contributed by atoms with Gasteiger partial charge in [-0.05, 0) is 35.2 Å². The van der Waals surface area contributed by atoms with Gasteiger partial charge in [-0.2, -0.15) is 0 Å². The molecule has 0 radical (unpaired) electrons. The SMILES string of the molecule is O=C(Cn1ccc2ccccc21)ON=Cc1cccc(Br)c1. The molecule has 2 aromatic carbocycles. The summed E-state index contributed by atoms with van der Waals surface area (Å²) in [5, 5.41) is 4.83. The lowest BCUT2D eigenvalue weighted by molar-refractivity contribution is -0.144. The molecule has 22 heavy (non-hydrogen) atoms. The summed E-state index contributed by atoms with van der Waals surface area (Å²) in [6, 6.07) is 17.4. The van der Waals surface area contributed by atoms with Gasteiger partial charge in [0.25, 0.3) is 0 Å². The zero-order chi connectivity index (χ0) is 15.4. The maximum atomic E-state index is 11.8. The largest absolute Gasteiger partial charge is 0.354 e. The third-order valence-corrected chi connectivity index (χ3v) is 3.68. The Bertz CT molecular complexity index is 839. The Balaban J connectivity index is 1.63. The van der Waals surface area contributed by atoms with Gasteiger partial charge < -0.3 is 9.40 Å². The third-order valence-electron chi connectivity index (χ3n) is 3.18. The van der Waals surface area contributed by atoms with Crippen molar-refractivity contribution in [3.05, 3.63) is 70.8 Å². The molecule has 3 rings (SSSR count). The van der Waals surface area contributed by atoms with E-state index in [1.807, 2.05) is 65.4 Å². The van der Waals surface area contributed by atoms with Crippen LogP contribution in [0.2, 0.25) is 0 Å². The number of nitrogens with zero attached hydrogens (tertiary/aromatic N) is 2. The van der Waals surface area contributed by atoms with Crippen LogP contribution in [0.3, 0.4) is 0 Å². The zero-order valence-electron chi connectivity index (χ0n) is 11.6. The molecular weight excluding hydrogens is 344 g/mol. The topological polar surface area (TPSA) is 43.6 Å². The van der Waals surface area contributed by atoms with E-state index in [9.17, 15) is 4.79 Å². The van der Waals surface area contributed by atoms with Crippen molar-refractivity contribution >= 4 is 39.0 Å². The molecule has 1 heterocycles. The zero-order valence-corrected chi connectivity index (χ0v) is 13.2. The Kier molecular flexibility index (Phi) is 4.34. The predicted octanol–water partition coefficient (Wildman–Crippen LogP) is 3.98. The summed E-state index contributed by atoms with van der Waals surface area (Å²) in [5.41, 5.74) is 1.85. The number of carbonyl (C=O) groups excluding carboxylic acids is 1. The number of hydrogen-bond donors (Lipinski definition) is 0. The molecule has 0 atom stereocenters. The molecule has 4 nitrogen and oxygen atoms in total. The van der Waals surface area contributed by atoms with Crippen molar-refractivity contribution < 1.29 is 9.63 Å². The molecular formula is C17H13BrN2O2. The number of fused-ring (bicyclic) bond motifs is 1. The van der Waals surface area contributed by atoms with Crippen molar-refractivity contribution in [2.75, 3.05) is 0 Å². The van der Waals surface area contributed by atoms with E-state index in [4.69, 9.17) is 4.84 Å². The fraction of sp³-hybridized carbons (Fsp3) is 0.0588. The lowest BCUT2D eigenvalue weighted by Crippen LogP contribution is -2.10. The lowest BCUT2D eigenvalue weighted by Gasteiger charge is -2.02. The fourth-order valence-corrected chi connectivity index (χ4v) is 2.60. The van der Waals surface area contributed by atoms with Gasteiger partial charge in [-0.3, -0.25) is 0 Å². The van der Waals surface area contributed by atoms with Crippen LogP contribution in [-0.4, -0.2) is 16.8 Å². The lowest BCUT2D eigenvalue weighted by atomic mass is 10.2. The minimum atomic E-state index is -0.410. The predicted molar refractivity (Wildman–Crippen MR) is 89.8 cm³/mol. The fourth-order valence-electron chi connectivity index (χ4n) is 2.18.